The number of carboxylic acid groups (broad SMARTS) is 2. The molecule has 1 aromatic rings. The number of allylic oxidation sites excluding steroid dienone is 1. The van der Waals surface area contributed by atoms with Gasteiger partial charge in [-0.25, -0.2) is 4.79 Å². The molecule has 0 aliphatic heterocycles. The van der Waals surface area contributed by atoms with E-state index in [1.807, 2.05) is 12.2 Å². The van der Waals surface area contributed by atoms with Crippen molar-refractivity contribution in [2.45, 2.75) is 51.4 Å². The van der Waals surface area contributed by atoms with E-state index in [2.05, 4.69) is 0 Å². The van der Waals surface area contributed by atoms with E-state index in [0.717, 1.165) is 32.1 Å². The van der Waals surface area contributed by atoms with Crippen LogP contribution in [0.5, 0.6) is 5.75 Å². The highest BCUT2D eigenvalue weighted by Gasteiger charge is 2.32. The predicted octanol–water partition coefficient (Wildman–Crippen LogP) is 4.12. The van der Waals surface area contributed by atoms with E-state index in [1.165, 1.54) is 12.1 Å². The number of hydrogen-bond acceptors (Lipinski definition) is 4. The predicted molar refractivity (Wildman–Crippen MR) is 101 cm³/mol. The number of carboxylic acids is 2. The molecule has 0 spiro atoms. The third-order valence-electron chi connectivity index (χ3n) is 5.10. The smallest absolute Gasteiger partial charge is 0.339 e. The summed E-state index contributed by atoms with van der Waals surface area (Å²) in [5.41, 5.74) is 0.537. The number of rotatable bonds is 10. The van der Waals surface area contributed by atoms with Gasteiger partial charge in [0.2, 0.25) is 0 Å². The number of unbranched alkanes of at least 4 members (excludes halogenated alkanes) is 3. The van der Waals surface area contributed by atoms with Crippen molar-refractivity contribution < 1.29 is 29.7 Å². The van der Waals surface area contributed by atoms with Gasteiger partial charge in [-0.1, -0.05) is 37.5 Å². The fourth-order valence-corrected chi connectivity index (χ4v) is 3.60. The monoisotopic (exact) mass is 374 g/mol. The van der Waals surface area contributed by atoms with Crippen molar-refractivity contribution in [3.8, 4) is 5.75 Å². The third-order valence-corrected chi connectivity index (χ3v) is 5.10. The second-order valence-electron chi connectivity index (χ2n) is 7.06. The van der Waals surface area contributed by atoms with Gasteiger partial charge in [0.05, 0.1) is 0 Å². The van der Waals surface area contributed by atoms with Crippen LogP contribution in [0.25, 0.3) is 6.08 Å². The van der Waals surface area contributed by atoms with E-state index in [9.17, 15) is 19.5 Å². The first kappa shape index (κ1) is 20.7. The Hall–Kier alpha value is -2.63. The Morgan fingerprint density at radius 2 is 1.85 bits per heavy atom. The van der Waals surface area contributed by atoms with Crippen LogP contribution in [0.2, 0.25) is 0 Å². The lowest BCUT2D eigenvalue weighted by Gasteiger charge is -2.15. The maximum Gasteiger partial charge on any atom is 0.339 e. The molecule has 0 aromatic heterocycles. The van der Waals surface area contributed by atoms with Crippen LogP contribution in [-0.2, 0) is 9.59 Å². The van der Waals surface area contributed by atoms with Crippen molar-refractivity contribution in [3.05, 3.63) is 35.4 Å². The fourth-order valence-electron chi connectivity index (χ4n) is 3.60. The van der Waals surface area contributed by atoms with E-state index >= 15 is 0 Å². The summed E-state index contributed by atoms with van der Waals surface area (Å²) in [4.78, 5) is 33.8. The normalized spacial score (nSPS) is 19.6. The second kappa shape index (κ2) is 9.90. The van der Waals surface area contributed by atoms with Crippen molar-refractivity contribution >= 4 is 23.8 Å². The van der Waals surface area contributed by atoms with Gasteiger partial charge >= 0.3 is 11.9 Å². The quantitative estimate of drug-likeness (QED) is 0.531. The van der Waals surface area contributed by atoms with Crippen LogP contribution < -0.4 is 0 Å². The van der Waals surface area contributed by atoms with Crippen LogP contribution >= 0.6 is 0 Å². The highest BCUT2D eigenvalue weighted by molar-refractivity contribution is 5.91. The van der Waals surface area contributed by atoms with Crippen LogP contribution in [0.1, 0.15) is 67.3 Å². The van der Waals surface area contributed by atoms with Crippen LogP contribution in [0.4, 0.5) is 0 Å². The fraction of sp³-hybridized carbons (Fsp3) is 0.476. The maximum absolute atomic E-state index is 12.2. The summed E-state index contributed by atoms with van der Waals surface area (Å²) in [6.07, 6.45) is 9.50. The largest absolute Gasteiger partial charge is 0.507 e. The number of ketones is 1. The number of phenols is 1. The summed E-state index contributed by atoms with van der Waals surface area (Å²) in [7, 11) is 0. The molecule has 1 saturated carbocycles. The highest BCUT2D eigenvalue weighted by Crippen LogP contribution is 2.34. The minimum absolute atomic E-state index is 0.0169. The molecule has 0 radical (unpaired) electrons. The van der Waals surface area contributed by atoms with E-state index < -0.39 is 11.9 Å². The number of Topliss-reactive ketones (excluding diaryl/α,β-unsaturated/α-hetero) is 1. The highest BCUT2D eigenvalue weighted by atomic mass is 16.4. The number of hydrogen-bond donors (Lipinski definition) is 3. The van der Waals surface area contributed by atoms with Gasteiger partial charge in [-0.3, -0.25) is 9.59 Å². The molecule has 2 atom stereocenters. The molecule has 1 fully saturated rings. The molecule has 6 heteroatoms. The van der Waals surface area contributed by atoms with Gasteiger partial charge in [0.25, 0.3) is 0 Å². The van der Waals surface area contributed by atoms with Gasteiger partial charge in [-0.2, -0.15) is 0 Å². The average molecular weight is 374 g/mol. The number of aliphatic carboxylic acids is 1. The molecular formula is C21H26O6. The maximum atomic E-state index is 12.2. The van der Waals surface area contributed by atoms with Crippen LogP contribution in [-0.4, -0.2) is 33.0 Å². The summed E-state index contributed by atoms with van der Waals surface area (Å²) in [6.45, 7) is 0. The summed E-state index contributed by atoms with van der Waals surface area (Å²) in [5, 5.41) is 27.3. The van der Waals surface area contributed by atoms with Crippen molar-refractivity contribution in [3.63, 3.8) is 0 Å². The molecule has 0 bridgehead atoms. The molecular weight excluding hydrogens is 348 g/mol. The van der Waals surface area contributed by atoms with E-state index in [4.69, 9.17) is 10.2 Å². The zero-order valence-electron chi connectivity index (χ0n) is 15.3. The van der Waals surface area contributed by atoms with Crippen molar-refractivity contribution in [2.75, 3.05) is 0 Å². The van der Waals surface area contributed by atoms with Gasteiger partial charge in [0, 0.05) is 18.8 Å². The van der Waals surface area contributed by atoms with E-state index in [1.54, 1.807) is 6.07 Å². The molecule has 0 unspecified atom stereocenters. The first-order chi connectivity index (χ1) is 12.9. The lowest BCUT2D eigenvalue weighted by molar-refractivity contribution is -0.137. The lowest BCUT2D eigenvalue weighted by atomic mass is 9.89. The number of carbonyl (C=O) groups excluding carboxylic acids is 1. The Balaban J connectivity index is 1.90. The van der Waals surface area contributed by atoms with Crippen molar-refractivity contribution in [1.29, 1.82) is 0 Å². The van der Waals surface area contributed by atoms with Crippen LogP contribution in [0, 0.1) is 11.8 Å². The molecule has 1 aromatic carbocycles. The number of aromatic carboxylic acids is 1. The Labute approximate surface area is 158 Å². The van der Waals surface area contributed by atoms with Gasteiger partial charge in [0.15, 0.2) is 0 Å². The number of benzene rings is 1. The topological polar surface area (TPSA) is 112 Å². The van der Waals surface area contributed by atoms with Gasteiger partial charge in [-0.15, -0.1) is 0 Å². The standard InChI is InChI=1S/C21H26O6/c22-18-12-10-15(16(18)5-3-1-2-4-6-20(24)25)9-7-14-8-11-19(23)17(13-14)21(26)27/h7-9,11,13,15-16,23H,1-6,10,12H2,(H,24,25)(H,26,27)/t15-,16+/m1/s1. The molecule has 0 heterocycles. The molecule has 0 saturated heterocycles. The second-order valence-corrected chi connectivity index (χ2v) is 7.06. The van der Waals surface area contributed by atoms with Gasteiger partial charge < -0.3 is 15.3 Å². The average Bonchev–Trinajstić information content (AvgIpc) is 2.96. The van der Waals surface area contributed by atoms with Gasteiger partial charge in [0.1, 0.15) is 17.1 Å². The summed E-state index contributed by atoms with van der Waals surface area (Å²) in [6, 6.07) is 4.42. The van der Waals surface area contributed by atoms with E-state index in [-0.39, 0.29) is 35.4 Å². The first-order valence-corrected chi connectivity index (χ1v) is 9.37. The van der Waals surface area contributed by atoms with E-state index in [0.29, 0.717) is 18.4 Å². The molecule has 1 aliphatic carbocycles. The van der Waals surface area contributed by atoms with Crippen LogP contribution in [0.3, 0.4) is 0 Å². The Bertz CT molecular complexity index is 721. The first-order valence-electron chi connectivity index (χ1n) is 9.37. The van der Waals surface area contributed by atoms with Gasteiger partial charge in [-0.05, 0) is 42.9 Å². The molecule has 2 rings (SSSR count). The Kier molecular flexibility index (Phi) is 7.58. The van der Waals surface area contributed by atoms with Crippen molar-refractivity contribution in [2.24, 2.45) is 11.8 Å². The molecule has 6 nitrogen and oxygen atoms in total. The zero-order valence-corrected chi connectivity index (χ0v) is 15.3. The minimum Gasteiger partial charge on any atom is -0.507 e. The number of carbonyl (C=O) groups is 3. The molecule has 0 amide bonds. The van der Waals surface area contributed by atoms with Crippen LogP contribution in [0.15, 0.2) is 24.3 Å². The van der Waals surface area contributed by atoms with Crippen molar-refractivity contribution in [1.82, 2.24) is 0 Å². The molecule has 3 N–H and O–H groups in total. The Morgan fingerprint density at radius 3 is 2.56 bits per heavy atom. The summed E-state index contributed by atoms with van der Waals surface area (Å²) < 4.78 is 0. The summed E-state index contributed by atoms with van der Waals surface area (Å²) in [5.74, 6) is -1.83. The molecule has 1 aliphatic rings. The number of aromatic hydroxyl groups is 1. The minimum atomic E-state index is -1.18. The zero-order chi connectivity index (χ0) is 19.8. The SMILES string of the molecule is O=C(O)CCCCCC[C@@H]1C(=O)CC[C@H]1C=Cc1ccc(O)c(C(=O)O)c1. The third kappa shape index (κ3) is 6.24. The molecule has 146 valence electrons. The molecule has 27 heavy (non-hydrogen) atoms. The summed E-state index contributed by atoms with van der Waals surface area (Å²) >= 11 is 0. The Morgan fingerprint density at radius 1 is 1.11 bits per heavy atom. The lowest BCUT2D eigenvalue weighted by Crippen LogP contribution is -2.13.